The molecule has 0 spiro atoms. The molecule has 0 aliphatic carbocycles. The first-order chi connectivity index (χ1) is 11.0. The number of aryl methyl sites for hydroxylation is 1. The molecular formula is C19H24IN2O+. The molecule has 0 fully saturated rings. The highest BCUT2D eigenvalue weighted by atomic mass is 127. The van der Waals surface area contributed by atoms with Crippen LogP contribution in [0.5, 0.6) is 0 Å². The van der Waals surface area contributed by atoms with Crippen molar-refractivity contribution in [2.75, 3.05) is 11.9 Å². The number of hydrogen-bond donors (Lipinski definition) is 2. The Hall–Kier alpha value is -1.40. The van der Waals surface area contributed by atoms with Gasteiger partial charge in [-0.3, -0.25) is 4.79 Å². The molecule has 0 bridgehead atoms. The van der Waals surface area contributed by atoms with E-state index in [1.54, 1.807) is 0 Å². The highest BCUT2D eigenvalue weighted by molar-refractivity contribution is 14.1. The number of anilines is 1. The normalized spacial score (nSPS) is 12.2. The predicted molar refractivity (Wildman–Crippen MR) is 103 cm³/mol. The van der Waals surface area contributed by atoms with E-state index in [-0.39, 0.29) is 5.91 Å². The van der Waals surface area contributed by atoms with E-state index in [0.717, 1.165) is 11.3 Å². The lowest BCUT2D eigenvalue weighted by atomic mass is 9.96. The first kappa shape index (κ1) is 17.9. The summed E-state index contributed by atoms with van der Waals surface area (Å²) in [4.78, 5) is 12.3. The summed E-state index contributed by atoms with van der Waals surface area (Å²) < 4.78 is 1.17. The quantitative estimate of drug-likeness (QED) is 0.687. The van der Waals surface area contributed by atoms with Crippen molar-refractivity contribution in [1.82, 2.24) is 0 Å². The van der Waals surface area contributed by atoms with Crippen LogP contribution in [0.25, 0.3) is 0 Å². The maximum Gasteiger partial charge on any atom is 0.279 e. The fourth-order valence-corrected chi connectivity index (χ4v) is 3.32. The minimum atomic E-state index is 0.0379. The summed E-state index contributed by atoms with van der Waals surface area (Å²) in [6.45, 7) is 6.82. The molecule has 0 radical (unpaired) electrons. The number of hydrogen-bond acceptors (Lipinski definition) is 1. The summed E-state index contributed by atoms with van der Waals surface area (Å²) >= 11 is 2.28. The molecule has 0 saturated heterocycles. The smallest absolute Gasteiger partial charge is 0.279 e. The first-order valence-electron chi connectivity index (χ1n) is 7.91. The highest BCUT2D eigenvalue weighted by Gasteiger charge is 2.20. The SMILES string of the molecule is Cc1cc(I)ccc1NC(=O)C[NH2+][C@H](c1ccccc1)C(C)C. The molecule has 0 aromatic heterocycles. The molecule has 23 heavy (non-hydrogen) atoms. The molecule has 0 unspecified atom stereocenters. The molecule has 4 heteroatoms. The topological polar surface area (TPSA) is 45.7 Å². The van der Waals surface area contributed by atoms with Gasteiger partial charge >= 0.3 is 0 Å². The number of nitrogens with one attached hydrogen (secondary N) is 1. The van der Waals surface area contributed by atoms with Crippen LogP contribution in [0.1, 0.15) is 31.0 Å². The van der Waals surface area contributed by atoms with Crippen LogP contribution in [0.4, 0.5) is 5.69 Å². The van der Waals surface area contributed by atoms with Crippen LogP contribution in [0.2, 0.25) is 0 Å². The van der Waals surface area contributed by atoms with Crippen molar-refractivity contribution in [3.05, 3.63) is 63.2 Å². The van der Waals surface area contributed by atoms with Gasteiger partial charge in [-0.1, -0.05) is 44.2 Å². The zero-order valence-electron chi connectivity index (χ0n) is 13.8. The minimum Gasteiger partial charge on any atom is -0.332 e. The van der Waals surface area contributed by atoms with E-state index in [9.17, 15) is 4.79 Å². The first-order valence-corrected chi connectivity index (χ1v) is 8.99. The van der Waals surface area contributed by atoms with Gasteiger partial charge in [0.15, 0.2) is 6.54 Å². The summed E-state index contributed by atoms with van der Waals surface area (Å²) in [5.74, 6) is 0.501. The van der Waals surface area contributed by atoms with Gasteiger partial charge in [0.1, 0.15) is 6.04 Å². The Morgan fingerprint density at radius 3 is 2.48 bits per heavy atom. The van der Waals surface area contributed by atoms with E-state index in [1.807, 2.05) is 37.3 Å². The molecule has 2 aromatic carbocycles. The molecular weight excluding hydrogens is 399 g/mol. The lowest BCUT2D eigenvalue weighted by Gasteiger charge is -2.19. The lowest BCUT2D eigenvalue weighted by molar-refractivity contribution is -0.692. The number of nitrogens with two attached hydrogens (primary N) is 1. The lowest BCUT2D eigenvalue weighted by Crippen LogP contribution is -2.88. The second-order valence-corrected chi connectivity index (χ2v) is 7.37. The average molecular weight is 423 g/mol. The number of rotatable bonds is 6. The zero-order chi connectivity index (χ0) is 16.8. The minimum absolute atomic E-state index is 0.0379. The van der Waals surface area contributed by atoms with Crippen molar-refractivity contribution in [1.29, 1.82) is 0 Å². The zero-order valence-corrected chi connectivity index (χ0v) is 16.0. The maximum absolute atomic E-state index is 12.3. The molecule has 2 rings (SSSR count). The summed E-state index contributed by atoms with van der Waals surface area (Å²) in [6.07, 6.45) is 0. The third-order valence-electron chi connectivity index (χ3n) is 3.92. The Labute approximate surface area is 152 Å². The number of carbonyl (C=O) groups excluding carboxylic acids is 1. The van der Waals surface area contributed by atoms with Crippen LogP contribution in [0.3, 0.4) is 0 Å². The highest BCUT2D eigenvalue weighted by Crippen LogP contribution is 2.18. The molecule has 0 saturated carbocycles. The van der Waals surface area contributed by atoms with Gasteiger partial charge in [0.2, 0.25) is 0 Å². The fourth-order valence-electron chi connectivity index (χ4n) is 2.67. The molecule has 2 aromatic rings. The molecule has 0 aliphatic heterocycles. The van der Waals surface area contributed by atoms with Gasteiger partial charge in [-0.25, -0.2) is 0 Å². The molecule has 1 amide bonds. The van der Waals surface area contributed by atoms with Crippen LogP contribution in [-0.4, -0.2) is 12.5 Å². The summed E-state index contributed by atoms with van der Waals surface area (Å²) in [5, 5.41) is 5.13. The summed E-state index contributed by atoms with van der Waals surface area (Å²) in [5.41, 5.74) is 3.25. The Balaban J connectivity index is 1.97. The van der Waals surface area contributed by atoms with E-state index in [0.29, 0.717) is 18.5 Å². The van der Waals surface area contributed by atoms with Crippen LogP contribution in [-0.2, 0) is 4.79 Å². The monoisotopic (exact) mass is 423 g/mol. The third-order valence-corrected chi connectivity index (χ3v) is 4.59. The molecule has 0 heterocycles. The largest absolute Gasteiger partial charge is 0.332 e. The Morgan fingerprint density at radius 1 is 1.17 bits per heavy atom. The van der Waals surface area contributed by atoms with Crippen molar-refractivity contribution in [3.8, 4) is 0 Å². The van der Waals surface area contributed by atoms with Crippen molar-refractivity contribution < 1.29 is 10.1 Å². The fraction of sp³-hybridized carbons (Fsp3) is 0.316. The average Bonchev–Trinajstić information content (AvgIpc) is 2.51. The predicted octanol–water partition coefficient (Wildman–Crippen LogP) is 3.50. The summed E-state index contributed by atoms with van der Waals surface area (Å²) in [7, 11) is 0. The Morgan fingerprint density at radius 2 is 1.87 bits per heavy atom. The number of amides is 1. The second-order valence-electron chi connectivity index (χ2n) is 6.13. The molecule has 3 N–H and O–H groups in total. The van der Waals surface area contributed by atoms with Gasteiger partial charge in [-0.15, -0.1) is 0 Å². The van der Waals surface area contributed by atoms with E-state index in [4.69, 9.17) is 0 Å². The third kappa shape index (κ3) is 5.32. The van der Waals surface area contributed by atoms with E-state index < -0.39 is 0 Å². The Kier molecular flexibility index (Phi) is 6.59. The molecule has 3 nitrogen and oxygen atoms in total. The maximum atomic E-state index is 12.3. The van der Waals surface area contributed by atoms with Crippen LogP contribution < -0.4 is 10.6 Å². The molecule has 1 atom stereocenters. The van der Waals surface area contributed by atoms with Crippen LogP contribution in [0.15, 0.2) is 48.5 Å². The number of carbonyl (C=O) groups is 1. The van der Waals surface area contributed by atoms with Gasteiger partial charge < -0.3 is 10.6 Å². The van der Waals surface area contributed by atoms with E-state index >= 15 is 0 Å². The van der Waals surface area contributed by atoms with Gasteiger partial charge in [0, 0.05) is 20.7 Å². The molecule has 0 aliphatic rings. The van der Waals surface area contributed by atoms with Crippen molar-refractivity contribution in [2.45, 2.75) is 26.8 Å². The number of quaternary nitrogens is 1. The standard InChI is InChI=1S/C19H23IN2O/c1-13(2)19(15-7-5-4-6-8-15)21-12-18(23)22-17-10-9-16(20)11-14(17)3/h4-11,13,19,21H,12H2,1-3H3,(H,22,23)/p+1/t19-/m0/s1. The van der Waals surface area contributed by atoms with Crippen molar-refractivity contribution in [3.63, 3.8) is 0 Å². The van der Waals surface area contributed by atoms with Crippen LogP contribution in [0, 0.1) is 16.4 Å². The van der Waals surface area contributed by atoms with Gasteiger partial charge in [0.05, 0.1) is 0 Å². The summed E-state index contributed by atoms with van der Waals surface area (Å²) in [6, 6.07) is 16.7. The Bertz CT molecular complexity index is 656. The van der Waals surface area contributed by atoms with E-state index in [2.05, 4.69) is 65.3 Å². The number of halogens is 1. The number of benzene rings is 2. The van der Waals surface area contributed by atoms with Crippen molar-refractivity contribution >= 4 is 34.2 Å². The van der Waals surface area contributed by atoms with E-state index in [1.165, 1.54) is 9.13 Å². The second kappa shape index (κ2) is 8.45. The van der Waals surface area contributed by atoms with Gasteiger partial charge in [0.25, 0.3) is 5.91 Å². The van der Waals surface area contributed by atoms with Gasteiger partial charge in [-0.2, -0.15) is 0 Å². The van der Waals surface area contributed by atoms with Crippen LogP contribution >= 0.6 is 22.6 Å². The van der Waals surface area contributed by atoms with Gasteiger partial charge in [-0.05, 0) is 53.3 Å². The van der Waals surface area contributed by atoms with Crippen molar-refractivity contribution in [2.24, 2.45) is 5.92 Å². The molecule has 122 valence electrons.